The standard InChI is InChI=1S/C19H20N2O5/c1-3-8-21-17(23)14-7-6-13(11-15(14)18(21)24)19(25)26-12(2)16(22)20-9-4-5-10-20/h3,6-7,11-12H,1,4-5,8-10H2,2H3/t12-/m1/s1. The third-order valence-corrected chi connectivity index (χ3v) is 4.57. The van der Waals surface area contributed by atoms with E-state index >= 15 is 0 Å². The molecule has 0 aromatic heterocycles. The van der Waals surface area contributed by atoms with Crippen LogP contribution in [0.5, 0.6) is 0 Å². The summed E-state index contributed by atoms with van der Waals surface area (Å²) in [5.74, 6) is -1.81. The van der Waals surface area contributed by atoms with Crippen molar-refractivity contribution in [1.29, 1.82) is 0 Å². The van der Waals surface area contributed by atoms with Gasteiger partial charge in [0.2, 0.25) is 0 Å². The maximum absolute atomic E-state index is 12.4. The second-order valence-corrected chi connectivity index (χ2v) is 6.35. The predicted molar refractivity (Wildman–Crippen MR) is 92.7 cm³/mol. The summed E-state index contributed by atoms with van der Waals surface area (Å²) in [6.45, 7) is 6.52. The molecule has 136 valence electrons. The highest BCUT2D eigenvalue weighted by Crippen LogP contribution is 2.24. The fourth-order valence-corrected chi connectivity index (χ4v) is 3.19. The Kier molecular flexibility index (Phi) is 4.88. The zero-order valence-corrected chi connectivity index (χ0v) is 14.6. The summed E-state index contributed by atoms with van der Waals surface area (Å²) < 4.78 is 5.25. The number of hydrogen-bond acceptors (Lipinski definition) is 5. The molecule has 1 atom stereocenters. The van der Waals surface area contributed by atoms with Crippen LogP contribution in [0.2, 0.25) is 0 Å². The van der Waals surface area contributed by atoms with Crippen LogP contribution in [0.25, 0.3) is 0 Å². The maximum atomic E-state index is 12.4. The molecular formula is C19H20N2O5. The van der Waals surface area contributed by atoms with Crippen molar-refractivity contribution in [2.45, 2.75) is 25.9 Å². The number of carbonyl (C=O) groups is 4. The number of rotatable bonds is 5. The molecule has 1 fully saturated rings. The van der Waals surface area contributed by atoms with Crippen LogP contribution in [0, 0.1) is 0 Å². The first-order valence-electron chi connectivity index (χ1n) is 8.55. The van der Waals surface area contributed by atoms with Crippen molar-refractivity contribution in [2.24, 2.45) is 0 Å². The minimum atomic E-state index is -0.900. The van der Waals surface area contributed by atoms with Gasteiger partial charge in [0.1, 0.15) is 0 Å². The molecule has 0 N–H and O–H groups in total. The van der Waals surface area contributed by atoms with Crippen LogP contribution in [0.1, 0.15) is 50.8 Å². The van der Waals surface area contributed by atoms with Gasteiger partial charge in [-0.15, -0.1) is 6.58 Å². The van der Waals surface area contributed by atoms with E-state index in [-0.39, 0.29) is 29.1 Å². The molecule has 7 nitrogen and oxygen atoms in total. The van der Waals surface area contributed by atoms with Gasteiger partial charge in [-0.1, -0.05) is 6.08 Å². The summed E-state index contributed by atoms with van der Waals surface area (Å²) in [6.07, 6.45) is 2.47. The minimum Gasteiger partial charge on any atom is -0.449 e. The number of esters is 1. The van der Waals surface area contributed by atoms with Crippen molar-refractivity contribution in [1.82, 2.24) is 9.80 Å². The number of imide groups is 1. The van der Waals surface area contributed by atoms with Gasteiger partial charge in [-0.05, 0) is 38.0 Å². The highest BCUT2D eigenvalue weighted by atomic mass is 16.5. The Balaban J connectivity index is 1.74. The minimum absolute atomic E-state index is 0.105. The molecule has 1 aromatic carbocycles. The summed E-state index contributed by atoms with van der Waals surface area (Å²) in [5, 5.41) is 0. The van der Waals surface area contributed by atoms with Crippen molar-refractivity contribution in [3.63, 3.8) is 0 Å². The third kappa shape index (κ3) is 3.12. The van der Waals surface area contributed by atoms with E-state index in [1.54, 1.807) is 4.90 Å². The van der Waals surface area contributed by atoms with Gasteiger partial charge in [0.25, 0.3) is 17.7 Å². The van der Waals surface area contributed by atoms with Gasteiger partial charge in [0.05, 0.1) is 16.7 Å². The van der Waals surface area contributed by atoms with Crippen LogP contribution in [0.4, 0.5) is 0 Å². The van der Waals surface area contributed by atoms with Crippen molar-refractivity contribution >= 4 is 23.7 Å². The number of fused-ring (bicyclic) bond motifs is 1. The number of nitrogens with zero attached hydrogens (tertiary/aromatic N) is 2. The van der Waals surface area contributed by atoms with Crippen LogP contribution in [0.15, 0.2) is 30.9 Å². The lowest BCUT2D eigenvalue weighted by Crippen LogP contribution is -2.38. The Morgan fingerprint density at radius 1 is 1.19 bits per heavy atom. The number of likely N-dealkylation sites (tertiary alicyclic amines) is 1. The molecule has 0 saturated carbocycles. The van der Waals surface area contributed by atoms with Gasteiger partial charge >= 0.3 is 5.97 Å². The van der Waals surface area contributed by atoms with Gasteiger partial charge in [0, 0.05) is 19.6 Å². The van der Waals surface area contributed by atoms with E-state index in [0.717, 1.165) is 17.7 Å². The molecule has 26 heavy (non-hydrogen) atoms. The highest BCUT2D eigenvalue weighted by molar-refractivity contribution is 6.22. The lowest BCUT2D eigenvalue weighted by atomic mass is 10.1. The Labute approximate surface area is 151 Å². The molecule has 2 aliphatic rings. The summed E-state index contributed by atoms with van der Waals surface area (Å²) in [4.78, 5) is 51.8. The van der Waals surface area contributed by atoms with Crippen LogP contribution in [-0.2, 0) is 9.53 Å². The number of hydrogen-bond donors (Lipinski definition) is 0. The van der Waals surface area contributed by atoms with E-state index in [1.165, 1.54) is 31.2 Å². The molecule has 3 rings (SSSR count). The molecule has 0 bridgehead atoms. The Bertz CT molecular complexity index is 795. The summed E-state index contributed by atoms with van der Waals surface area (Å²) >= 11 is 0. The SMILES string of the molecule is C=CCN1C(=O)c2ccc(C(=O)O[C@H](C)C(=O)N3CCCC3)cc2C1=O. The molecule has 0 aliphatic carbocycles. The molecule has 2 heterocycles. The van der Waals surface area contributed by atoms with Crippen molar-refractivity contribution in [3.05, 3.63) is 47.5 Å². The normalized spacial score (nSPS) is 17.3. The summed E-state index contributed by atoms with van der Waals surface area (Å²) in [7, 11) is 0. The number of ether oxygens (including phenoxy) is 1. The molecule has 2 aliphatic heterocycles. The van der Waals surface area contributed by atoms with E-state index in [9.17, 15) is 19.2 Å². The van der Waals surface area contributed by atoms with Gasteiger partial charge < -0.3 is 9.64 Å². The first kappa shape index (κ1) is 17.8. The summed E-state index contributed by atoms with van der Waals surface area (Å²) in [5.41, 5.74) is 0.533. The Morgan fingerprint density at radius 2 is 1.85 bits per heavy atom. The van der Waals surface area contributed by atoms with Gasteiger partial charge in [-0.25, -0.2) is 4.79 Å². The van der Waals surface area contributed by atoms with Gasteiger partial charge in [0.15, 0.2) is 6.10 Å². The number of carbonyl (C=O) groups excluding carboxylic acids is 4. The topological polar surface area (TPSA) is 84.0 Å². The quantitative estimate of drug-likeness (QED) is 0.455. The lowest BCUT2D eigenvalue weighted by molar-refractivity contribution is -0.138. The van der Waals surface area contributed by atoms with E-state index in [0.29, 0.717) is 13.1 Å². The Morgan fingerprint density at radius 3 is 2.50 bits per heavy atom. The largest absolute Gasteiger partial charge is 0.449 e. The lowest BCUT2D eigenvalue weighted by Gasteiger charge is -2.20. The molecule has 1 aromatic rings. The van der Waals surface area contributed by atoms with Gasteiger partial charge in [-0.3, -0.25) is 19.3 Å². The van der Waals surface area contributed by atoms with Crippen molar-refractivity contribution < 1.29 is 23.9 Å². The molecule has 0 radical (unpaired) electrons. The fraction of sp³-hybridized carbons (Fsp3) is 0.368. The van der Waals surface area contributed by atoms with Crippen LogP contribution < -0.4 is 0 Å². The smallest absolute Gasteiger partial charge is 0.338 e. The zero-order chi connectivity index (χ0) is 18.8. The highest BCUT2D eigenvalue weighted by Gasteiger charge is 2.35. The average molecular weight is 356 g/mol. The number of benzene rings is 1. The summed E-state index contributed by atoms with van der Waals surface area (Å²) in [6, 6.07) is 4.20. The number of amides is 3. The first-order valence-corrected chi connectivity index (χ1v) is 8.55. The van der Waals surface area contributed by atoms with Crippen LogP contribution in [0.3, 0.4) is 0 Å². The second kappa shape index (κ2) is 7.11. The zero-order valence-electron chi connectivity index (χ0n) is 14.6. The van der Waals surface area contributed by atoms with E-state index in [1.807, 2.05) is 0 Å². The van der Waals surface area contributed by atoms with Crippen molar-refractivity contribution in [3.8, 4) is 0 Å². The van der Waals surface area contributed by atoms with Crippen LogP contribution in [-0.4, -0.2) is 59.2 Å². The van der Waals surface area contributed by atoms with E-state index < -0.39 is 23.9 Å². The van der Waals surface area contributed by atoms with Gasteiger partial charge in [-0.2, -0.15) is 0 Å². The molecule has 3 amide bonds. The monoisotopic (exact) mass is 356 g/mol. The fourth-order valence-electron chi connectivity index (χ4n) is 3.19. The first-order chi connectivity index (χ1) is 12.4. The van der Waals surface area contributed by atoms with Crippen LogP contribution >= 0.6 is 0 Å². The van der Waals surface area contributed by atoms with E-state index in [2.05, 4.69) is 6.58 Å². The average Bonchev–Trinajstić information content (AvgIpc) is 3.25. The molecule has 0 unspecified atom stereocenters. The predicted octanol–water partition coefficient (Wildman–Crippen LogP) is 1.64. The molecule has 0 spiro atoms. The molecule has 1 saturated heterocycles. The van der Waals surface area contributed by atoms with E-state index in [4.69, 9.17) is 4.74 Å². The molecule has 7 heteroatoms. The Hall–Kier alpha value is -2.96. The van der Waals surface area contributed by atoms with Crippen molar-refractivity contribution in [2.75, 3.05) is 19.6 Å². The maximum Gasteiger partial charge on any atom is 0.338 e. The second-order valence-electron chi connectivity index (χ2n) is 6.35. The third-order valence-electron chi connectivity index (χ3n) is 4.57. The molecular weight excluding hydrogens is 336 g/mol.